The molecule has 1 aromatic rings. The molecule has 0 atom stereocenters. The van der Waals surface area contributed by atoms with Crippen molar-refractivity contribution in [2.75, 3.05) is 6.54 Å². The minimum atomic E-state index is -0.909. The molecular formula is C11H15ClNNaO5. The van der Waals surface area contributed by atoms with E-state index in [1.165, 1.54) is 18.2 Å². The molecule has 0 unspecified atom stereocenters. The van der Waals surface area contributed by atoms with Gasteiger partial charge in [0.15, 0.2) is 0 Å². The van der Waals surface area contributed by atoms with Crippen LogP contribution in [0.2, 0.25) is 5.02 Å². The zero-order chi connectivity index (χ0) is 12.8. The maximum atomic E-state index is 11.6. The van der Waals surface area contributed by atoms with E-state index in [0.29, 0.717) is 11.4 Å². The molecule has 19 heavy (non-hydrogen) atoms. The van der Waals surface area contributed by atoms with Crippen molar-refractivity contribution < 1.29 is 56.3 Å². The Morgan fingerprint density at radius 3 is 2.53 bits per heavy atom. The van der Waals surface area contributed by atoms with Crippen LogP contribution >= 0.6 is 11.6 Å². The number of carboxylic acids is 1. The van der Waals surface area contributed by atoms with Gasteiger partial charge in [0.05, 0.1) is 5.56 Å². The van der Waals surface area contributed by atoms with Crippen LogP contribution in [0.3, 0.4) is 0 Å². The van der Waals surface area contributed by atoms with E-state index in [0.717, 1.165) is 0 Å². The van der Waals surface area contributed by atoms with Crippen molar-refractivity contribution in [1.82, 2.24) is 5.32 Å². The molecular weight excluding hydrogens is 285 g/mol. The summed E-state index contributed by atoms with van der Waals surface area (Å²) >= 11 is 5.63. The van der Waals surface area contributed by atoms with Crippen molar-refractivity contribution >= 4 is 23.5 Å². The first kappa shape index (κ1) is 20.5. The van der Waals surface area contributed by atoms with E-state index in [1.807, 2.05) is 0 Å². The van der Waals surface area contributed by atoms with E-state index in [9.17, 15) is 14.7 Å². The molecule has 0 fully saturated rings. The number of carbonyl (C=O) groups is 2. The van der Waals surface area contributed by atoms with Crippen LogP contribution in [0, 0.1) is 0 Å². The number of hydrogen-bond acceptors (Lipinski definition) is 3. The van der Waals surface area contributed by atoms with Crippen LogP contribution in [0.1, 0.15) is 24.6 Å². The smallest absolute Gasteiger partial charge is 1.00 e. The first-order valence-electron chi connectivity index (χ1n) is 4.99. The third-order valence-corrected chi connectivity index (χ3v) is 2.29. The molecule has 6 nitrogen and oxygen atoms in total. The molecule has 0 bridgehead atoms. The zero-order valence-electron chi connectivity index (χ0n) is 11.4. The minimum Gasteiger partial charge on any atom is -1.00 e. The third kappa shape index (κ3) is 7.39. The summed E-state index contributed by atoms with van der Waals surface area (Å²) in [5.41, 5.74) is 0.115. The largest absolute Gasteiger partial charge is 1.00 e. The second-order valence-corrected chi connectivity index (χ2v) is 3.85. The average Bonchev–Trinajstić information content (AvgIpc) is 2.23. The van der Waals surface area contributed by atoms with Gasteiger partial charge in [-0.05, 0) is 24.6 Å². The number of phenols is 1. The van der Waals surface area contributed by atoms with Gasteiger partial charge in [0.2, 0.25) is 0 Å². The number of amides is 1. The van der Waals surface area contributed by atoms with Crippen LogP contribution in [0.4, 0.5) is 0 Å². The van der Waals surface area contributed by atoms with Crippen molar-refractivity contribution in [1.29, 1.82) is 0 Å². The number of aliphatic carboxylic acids is 1. The van der Waals surface area contributed by atoms with Crippen molar-refractivity contribution in [2.24, 2.45) is 0 Å². The topological polar surface area (TPSA) is 118 Å². The third-order valence-electron chi connectivity index (χ3n) is 2.06. The molecule has 0 aliphatic rings. The van der Waals surface area contributed by atoms with Gasteiger partial charge in [0.1, 0.15) is 5.75 Å². The van der Waals surface area contributed by atoms with E-state index in [-0.39, 0.29) is 60.7 Å². The number of benzene rings is 1. The molecule has 0 saturated carbocycles. The van der Waals surface area contributed by atoms with Gasteiger partial charge in [-0.1, -0.05) is 11.6 Å². The fourth-order valence-electron chi connectivity index (χ4n) is 1.23. The van der Waals surface area contributed by atoms with Crippen LogP contribution in [0.5, 0.6) is 5.75 Å². The average molecular weight is 300 g/mol. The number of nitrogens with one attached hydrogen (secondary N) is 1. The molecule has 1 rings (SSSR count). The van der Waals surface area contributed by atoms with E-state index in [2.05, 4.69) is 5.32 Å². The van der Waals surface area contributed by atoms with Crippen molar-refractivity contribution in [3.63, 3.8) is 0 Å². The van der Waals surface area contributed by atoms with Crippen LogP contribution in [0.25, 0.3) is 0 Å². The summed E-state index contributed by atoms with van der Waals surface area (Å²) in [4.78, 5) is 21.8. The van der Waals surface area contributed by atoms with Gasteiger partial charge in [0, 0.05) is 18.0 Å². The molecule has 0 aliphatic carbocycles. The van der Waals surface area contributed by atoms with Gasteiger partial charge in [-0.25, -0.2) is 0 Å². The Morgan fingerprint density at radius 2 is 2.00 bits per heavy atom. The van der Waals surface area contributed by atoms with Crippen molar-refractivity contribution in [3.8, 4) is 5.75 Å². The standard InChI is InChI=1S/C11H12ClNO4.Na.H2O.H/c12-7-3-4-8(9(14)6-7)11(17)13-5-1-2-10(15)16;;;/h3-4,6,14H,1-2,5H2,(H,13,17)(H,15,16);;1H2;/q;+1;;-1. The van der Waals surface area contributed by atoms with E-state index >= 15 is 0 Å². The Kier molecular flexibility index (Phi) is 10.9. The molecule has 102 valence electrons. The Morgan fingerprint density at radius 1 is 1.37 bits per heavy atom. The quantitative estimate of drug-likeness (QED) is 0.427. The summed E-state index contributed by atoms with van der Waals surface area (Å²) in [6.07, 6.45) is 0.336. The van der Waals surface area contributed by atoms with E-state index < -0.39 is 11.9 Å². The van der Waals surface area contributed by atoms with Gasteiger partial charge >= 0.3 is 35.5 Å². The van der Waals surface area contributed by atoms with Gasteiger partial charge < -0.3 is 22.4 Å². The van der Waals surface area contributed by atoms with Crippen LogP contribution in [-0.4, -0.2) is 34.1 Å². The van der Waals surface area contributed by atoms with Gasteiger partial charge in [-0.3, -0.25) is 9.59 Å². The van der Waals surface area contributed by atoms with Gasteiger partial charge in [-0.15, -0.1) is 0 Å². The van der Waals surface area contributed by atoms with Crippen LogP contribution < -0.4 is 34.9 Å². The SMILES string of the molecule is O.O=C(O)CCCNC(=O)c1ccc(Cl)cc1O.[H-].[Na+]. The molecule has 0 saturated heterocycles. The summed E-state index contributed by atoms with van der Waals surface area (Å²) < 4.78 is 0. The molecule has 1 aromatic carbocycles. The first-order valence-corrected chi connectivity index (χ1v) is 5.37. The molecule has 5 N–H and O–H groups in total. The number of halogens is 1. The number of carbonyl (C=O) groups excluding carboxylic acids is 1. The summed E-state index contributed by atoms with van der Waals surface area (Å²) in [5.74, 6) is -1.56. The zero-order valence-corrected chi connectivity index (χ0v) is 13.2. The maximum absolute atomic E-state index is 11.6. The predicted octanol–water partition coefficient (Wildman–Crippen LogP) is -2.07. The first-order chi connectivity index (χ1) is 8.00. The molecule has 0 aromatic heterocycles. The molecule has 8 heteroatoms. The Balaban J connectivity index is -0.000000963. The second kappa shape index (κ2) is 10.1. The molecule has 0 heterocycles. The predicted molar refractivity (Wildman–Crippen MR) is 67.0 cm³/mol. The second-order valence-electron chi connectivity index (χ2n) is 3.41. The number of aromatic hydroxyl groups is 1. The molecule has 1 amide bonds. The van der Waals surface area contributed by atoms with Crippen molar-refractivity contribution in [3.05, 3.63) is 28.8 Å². The Labute approximate surface area is 138 Å². The number of phenolic OH excluding ortho intramolecular Hbond substituents is 1. The van der Waals surface area contributed by atoms with E-state index in [1.54, 1.807) is 0 Å². The molecule has 0 aliphatic heterocycles. The molecule has 0 spiro atoms. The minimum absolute atomic E-state index is 0. The summed E-state index contributed by atoms with van der Waals surface area (Å²) in [6.45, 7) is 0.243. The number of rotatable bonds is 5. The van der Waals surface area contributed by atoms with Gasteiger partial charge in [0.25, 0.3) is 5.91 Å². The maximum Gasteiger partial charge on any atom is 1.00 e. The monoisotopic (exact) mass is 299 g/mol. The van der Waals surface area contributed by atoms with Gasteiger partial charge in [-0.2, -0.15) is 0 Å². The summed E-state index contributed by atoms with van der Waals surface area (Å²) in [5, 5.41) is 20.7. The fraction of sp³-hybridized carbons (Fsp3) is 0.273. The fourth-order valence-corrected chi connectivity index (χ4v) is 1.40. The number of hydrogen-bond donors (Lipinski definition) is 3. The number of carboxylic acid groups (broad SMARTS) is 1. The van der Waals surface area contributed by atoms with E-state index in [4.69, 9.17) is 16.7 Å². The van der Waals surface area contributed by atoms with Crippen LogP contribution in [-0.2, 0) is 4.79 Å². The Bertz CT molecular complexity index is 447. The van der Waals surface area contributed by atoms with Crippen LogP contribution in [0.15, 0.2) is 18.2 Å². The summed E-state index contributed by atoms with van der Waals surface area (Å²) in [6, 6.07) is 4.17. The summed E-state index contributed by atoms with van der Waals surface area (Å²) in [7, 11) is 0. The Hall–Kier alpha value is -0.790. The molecule has 0 radical (unpaired) electrons. The normalized spacial score (nSPS) is 8.89. The van der Waals surface area contributed by atoms with Crippen molar-refractivity contribution in [2.45, 2.75) is 12.8 Å².